The van der Waals surface area contributed by atoms with Gasteiger partial charge in [0, 0.05) is 19.4 Å². The van der Waals surface area contributed by atoms with Crippen LogP contribution in [0.1, 0.15) is 27.7 Å². The van der Waals surface area contributed by atoms with Crippen molar-refractivity contribution in [3.05, 3.63) is 0 Å². The molecule has 0 aromatic carbocycles. The molecule has 0 fully saturated rings. The number of nitrogens with zero attached hydrogens (tertiary/aromatic N) is 1. The zero-order valence-corrected chi connectivity index (χ0v) is 10.6. The highest BCUT2D eigenvalue weighted by atomic mass is 32.2. The molecule has 3 heteroatoms. The van der Waals surface area contributed by atoms with Crippen LogP contribution in [0.25, 0.3) is 0 Å². The first-order valence-electron chi connectivity index (χ1n) is 4.78. The highest BCUT2D eigenvalue weighted by molar-refractivity contribution is 7.96. The molecule has 0 N–H and O–H groups in total. The Kier molecular flexibility index (Phi) is 6.01. The number of rotatable bonds is 5. The van der Waals surface area contributed by atoms with E-state index in [2.05, 4.69) is 39.0 Å². The first kappa shape index (κ1) is 13.3. The molecule has 0 aliphatic rings. The monoisotopic (exact) mass is 205 g/mol. The van der Waals surface area contributed by atoms with Crippen LogP contribution in [0.4, 0.5) is 0 Å². The molecule has 0 aliphatic heterocycles. The van der Waals surface area contributed by atoms with Gasteiger partial charge in [-0.1, -0.05) is 39.6 Å². The van der Waals surface area contributed by atoms with Crippen LogP contribution in [-0.2, 0) is 4.74 Å². The predicted octanol–water partition coefficient (Wildman–Crippen LogP) is 2.65. The van der Waals surface area contributed by atoms with Gasteiger partial charge in [-0.2, -0.15) is 0 Å². The number of hydrogen-bond acceptors (Lipinski definition) is 3. The summed E-state index contributed by atoms with van der Waals surface area (Å²) in [6.07, 6.45) is 0.302. The second-order valence-corrected chi connectivity index (χ2v) is 5.78. The molecule has 1 unspecified atom stereocenters. The molecule has 2 nitrogen and oxygen atoms in total. The van der Waals surface area contributed by atoms with E-state index in [9.17, 15) is 0 Å². The zero-order valence-electron chi connectivity index (χ0n) is 9.76. The van der Waals surface area contributed by atoms with Crippen molar-refractivity contribution in [3.63, 3.8) is 0 Å². The van der Waals surface area contributed by atoms with E-state index in [-0.39, 0.29) is 5.41 Å². The van der Waals surface area contributed by atoms with Gasteiger partial charge in [0.05, 0.1) is 6.10 Å². The Labute approximate surface area is 87.2 Å². The average molecular weight is 205 g/mol. The lowest BCUT2D eigenvalue weighted by atomic mass is 9.89. The second kappa shape index (κ2) is 5.89. The smallest absolute Gasteiger partial charge is 0.0755 e. The van der Waals surface area contributed by atoms with Crippen LogP contribution in [0.3, 0.4) is 0 Å². The molecule has 0 aromatic rings. The average Bonchev–Trinajstić information content (AvgIpc) is 1.98. The van der Waals surface area contributed by atoms with Crippen LogP contribution < -0.4 is 0 Å². The van der Waals surface area contributed by atoms with Crippen molar-refractivity contribution in [1.82, 2.24) is 4.31 Å². The highest BCUT2D eigenvalue weighted by Crippen LogP contribution is 2.23. The molecule has 13 heavy (non-hydrogen) atoms. The van der Waals surface area contributed by atoms with E-state index in [1.165, 1.54) is 0 Å². The summed E-state index contributed by atoms with van der Waals surface area (Å²) in [6, 6.07) is 0. The topological polar surface area (TPSA) is 12.5 Å². The lowest BCUT2D eigenvalue weighted by molar-refractivity contribution is 0.00890. The van der Waals surface area contributed by atoms with Crippen LogP contribution >= 0.6 is 11.9 Å². The maximum atomic E-state index is 5.48. The molecule has 0 aliphatic carbocycles. The first-order valence-corrected chi connectivity index (χ1v) is 5.73. The van der Waals surface area contributed by atoms with E-state index in [0.29, 0.717) is 6.10 Å². The quantitative estimate of drug-likeness (QED) is 0.640. The largest absolute Gasteiger partial charge is 0.380 e. The molecule has 1 atom stereocenters. The first-order chi connectivity index (χ1) is 5.91. The molecule has 0 radical (unpaired) electrons. The third-order valence-electron chi connectivity index (χ3n) is 2.02. The minimum absolute atomic E-state index is 0.220. The summed E-state index contributed by atoms with van der Waals surface area (Å²) in [5, 5.41) is 0. The minimum Gasteiger partial charge on any atom is -0.380 e. The predicted molar refractivity (Wildman–Crippen MR) is 61.0 cm³/mol. The van der Waals surface area contributed by atoms with E-state index < -0.39 is 0 Å². The lowest BCUT2D eigenvalue weighted by Gasteiger charge is -2.32. The van der Waals surface area contributed by atoms with Crippen molar-refractivity contribution < 1.29 is 4.74 Å². The number of hydrogen-bond donors (Lipinski definition) is 0. The fourth-order valence-electron chi connectivity index (χ4n) is 1.21. The normalized spacial score (nSPS) is 15.0. The van der Waals surface area contributed by atoms with Crippen molar-refractivity contribution in [2.24, 2.45) is 5.41 Å². The van der Waals surface area contributed by atoms with Gasteiger partial charge in [0.15, 0.2) is 0 Å². The maximum absolute atomic E-state index is 5.48. The molecule has 0 bridgehead atoms. The van der Waals surface area contributed by atoms with Crippen molar-refractivity contribution >= 4 is 11.9 Å². The number of likely N-dealkylation sites (N-methyl/N-ethyl adjacent to an activating group) is 1. The minimum atomic E-state index is 0.220. The van der Waals surface area contributed by atoms with E-state index in [4.69, 9.17) is 4.74 Å². The summed E-state index contributed by atoms with van der Waals surface area (Å²) < 4.78 is 7.73. The van der Waals surface area contributed by atoms with Crippen LogP contribution in [0.5, 0.6) is 0 Å². The zero-order chi connectivity index (χ0) is 10.5. The molecule has 0 saturated heterocycles. The van der Waals surface area contributed by atoms with Gasteiger partial charge in [0.1, 0.15) is 0 Å². The van der Waals surface area contributed by atoms with Crippen LogP contribution in [0, 0.1) is 5.41 Å². The molecule has 0 heterocycles. The fourth-order valence-corrected chi connectivity index (χ4v) is 1.89. The third-order valence-corrected chi connectivity index (χ3v) is 2.87. The summed E-state index contributed by atoms with van der Waals surface area (Å²) in [4.78, 5) is 0. The summed E-state index contributed by atoms with van der Waals surface area (Å²) >= 11 is 1.84. The highest BCUT2D eigenvalue weighted by Gasteiger charge is 2.25. The van der Waals surface area contributed by atoms with Gasteiger partial charge in [0.25, 0.3) is 0 Å². The lowest BCUT2D eigenvalue weighted by Crippen LogP contribution is -2.36. The van der Waals surface area contributed by atoms with Gasteiger partial charge in [-0.3, -0.25) is 4.31 Å². The Hall–Kier alpha value is 0.270. The van der Waals surface area contributed by atoms with E-state index in [0.717, 1.165) is 12.3 Å². The molecule has 80 valence electrons. The van der Waals surface area contributed by atoms with E-state index in [1.54, 1.807) is 7.11 Å². The summed E-state index contributed by atoms with van der Waals surface area (Å²) in [5.74, 6) is 1.12. The SMILES string of the molecule is CCSN(C)CC(OC)C(C)(C)C. The van der Waals surface area contributed by atoms with Gasteiger partial charge in [-0.15, -0.1) is 0 Å². The molecule has 0 amide bonds. The molecule has 0 spiro atoms. The van der Waals surface area contributed by atoms with E-state index >= 15 is 0 Å². The van der Waals surface area contributed by atoms with Gasteiger partial charge < -0.3 is 4.74 Å². The molecular formula is C10H23NOS. The van der Waals surface area contributed by atoms with Crippen LogP contribution in [0.15, 0.2) is 0 Å². The number of methoxy groups -OCH3 is 1. The van der Waals surface area contributed by atoms with Gasteiger partial charge in [-0.25, -0.2) is 0 Å². The number of ether oxygens (including phenoxy) is 1. The van der Waals surface area contributed by atoms with Crippen molar-refractivity contribution in [1.29, 1.82) is 0 Å². The second-order valence-electron chi connectivity index (χ2n) is 4.32. The molecule has 0 saturated carbocycles. The van der Waals surface area contributed by atoms with E-state index in [1.807, 2.05) is 11.9 Å². The maximum Gasteiger partial charge on any atom is 0.0755 e. The van der Waals surface area contributed by atoms with Crippen LogP contribution in [-0.4, -0.2) is 36.9 Å². The summed E-state index contributed by atoms with van der Waals surface area (Å²) in [5.41, 5.74) is 0.220. The summed E-state index contributed by atoms with van der Waals surface area (Å²) in [6.45, 7) is 9.79. The van der Waals surface area contributed by atoms with Crippen molar-refractivity contribution in [2.45, 2.75) is 33.8 Å². The van der Waals surface area contributed by atoms with Crippen molar-refractivity contribution in [3.8, 4) is 0 Å². The molecule has 0 rings (SSSR count). The van der Waals surface area contributed by atoms with Gasteiger partial charge >= 0.3 is 0 Å². The Morgan fingerprint density at radius 1 is 1.38 bits per heavy atom. The molecular weight excluding hydrogens is 182 g/mol. The summed E-state index contributed by atoms with van der Waals surface area (Å²) in [7, 11) is 3.91. The van der Waals surface area contributed by atoms with Crippen molar-refractivity contribution in [2.75, 3.05) is 26.5 Å². The Balaban J connectivity index is 3.98. The molecule has 0 aromatic heterocycles. The standard InChI is InChI=1S/C10H23NOS/c1-7-13-11(5)8-9(12-6)10(2,3)4/h9H,7-8H2,1-6H3. The van der Waals surface area contributed by atoms with Gasteiger partial charge in [0.2, 0.25) is 0 Å². The third kappa shape index (κ3) is 5.55. The Morgan fingerprint density at radius 3 is 2.23 bits per heavy atom. The fraction of sp³-hybridized carbons (Fsp3) is 1.00. The Bertz CT molecular complexity index is 133. The Morgan fingerprint density at radius 2 is 1.92 bits per heavy atom. The van der Waals surface area contributed by atoms with Crippen LogP contribution in [0.2, 0.25) is 0 Å². The van der Waals surface area contributed by atoms with Gasteiger partial charge in [-0.05, 0) is 12.5 Å².